The van der Waals surface area contributed by atoms with Crippen LogP contribution in [0.25, 0.3) is 0 Å². The Morgan fingerprint density at radius 1 is 1.09 bits per heavy atom. The molecule has 0 bridgehead atoms. The zero-order valence-electron chi connectivity index (χ0n) is 14.8. The van der Waals surface area contributed by atoms with Crippen LogP contribution < -0.4 is 0 Å². The lowest BCUT2D eigenvalue weighted by Gasteiger charge is -2.37. The summed E-state index contributed by atoms with van der Waals surface area (Å²) in [4.78, 5) is 0. The van der Waals surface area contributed by atoms with E-state index in [0.29, 0.717) is 6.61 Å². The predicted molar refractivity (Wildman–Crippen MR) is 91.2 cm³/mol. The second-order valence-electron chi connectivity index (χ2n) is 8.19. The smallest absolute Gasteiger partial charge is 0.259 e. The van der Waals surface area contributed by atoms with Gasteiger partial charge in [-0.3, -0.25) is 0 Å². The van der Waals surface area contributed by atoms with Crippen LogP contribution in [0.2, 0.25) is 18.1 Å². The van der Waals surface area contributed by atoms with Crippen LogP contribution in [0.15, 0.2) is 30.3 Å². The lowest BCUT2D eigenvalue weighted by atomic mass is 10.1. The minimum Gasteiger partial charge on any atom is -0.416 e. The molecule has 1 aliphatic carbocycles. The van der Waals surface area contributed by atoms with Crippen LogP contribution in [0.4, 0.5) is 8.78 Å². The van der Waals surface area contributed by atoms with Crippen LogP contribution in [0.1, 0.15) is 32.8 Å². The standard InChI is InChI=1S/C18H28F2O2Si/c1-16(2,3)23(4,5)22-14-17(12-18(17,19)20)13-21-11-15-9-7-6-8-10-15/h6-10H,11-14H2,1-5H3/t17-/m0/s1. The maximum Gasteiger partial charge on any atom is 0.259 e. The van der Waals surface area contributed by atoms with Gasteiger partial charge in [0.05, 0.1) is 18.6 Å². The molecular formula is C18H28F2O2Si. The highest BCUT2D eigenvalue weighted by molar-refractivity contribution is 6.74. The Balaban J connectivity index is 1.91. The fourth-order valence-electron chi connectivity index (χ4n) is 2.21. The van der Waals surface area contributed by atoms with Crippen molar-refractivity contribution in [2.45, 2.75) is 57.9 Å². The van der Waals surface area contributed by atoms with E-state index in [0.717, 1.165) is 5.56 Å². The number of hydrogen-bond donors (Lipinski definition) is 0. The number of hydrogen-bond acceptors (Lipinski definition) is 2. The molecule has 1 aliphatic rings. The van der Waals surface area contributed by atoms with Crippen LogP contribution in [-0.4, -0.2) is 27.5 Å². The number of benzene rings is 1. The van der Waals surface area contributed by atoms with E-state index in [4.69, 9.17) is 9.16 Å². The normalized spacial score (nSPS) is 23.8. The molecule has 0 N–H and O–H groups in total. The van der Waals surface area contributed by atoms with Crippen LogP contribution in [0.3, 0.4) is 0 Å². The van der Waals surface area contributed by atoms with Gasteiger partial charge < -0.3 is 9.16 Å². The molecule has 0 spiro atoms. The molecule has 1 fully saturated rings. The maximum absolute atomic E-state index is 13.9. The van der Waals surface area contributed by atoms with Crippen LogP contribution in [0.5, 0.6) is 0 Å². The van der Waals surface area contributed by atoms with Crippen LogP contribution in [0, 0.1) is 5.41 Å². The molecule has 0 radical (unpaired) electrons. The van der Waals surface area contributed by atoms with Gasteiger partial charge in [0, 0.05) is 13.0 Å². The topological polar surface area (TPSA) is 18.5 Å². The lowest BCUT2D eigenvalue weighted by molar-refractivity contribution is -0.0182. The molecule has 1 atom stereocenters. The molecule has 0 aromatic heterocycles. The Morgan fingerprint density at radius 2 is 1.65 bits per heavy atom. The highest BCUT2D eigenvalue weighted by Crippen LogP contribution is 2.61. The average molecular weight is 343 g/mol. The molecule has 0 unspecified atom stereocenters. The minimum absolute atomic E-state index is 0.0171. The van der Waals surface area contributed by atoms with E-state index < -0.39 is 19.7 Å². The van der Waals surface area contributed by atoms with E-state index in [1.54, 1.807) is 0 Å². The van der Waals surface area contributed by atoms with Crippen molar-refractivity contribution in [3.05, 3.63) is 35.9 Å². The summed E-state index contributed by atoms with van der Waals surface area (Å²) in [5.41, 5.74) is -0.144. The van der Waals surface area contributed by atoms with Gasteiger partial charge in [0.1, 0.15) is 0 Å². The molecule has 1 aromatic rings. The van der Waals surface area contributed by atoms with Gasteiger partial charge in [0.15, 0.2) is 8.32 Å². The molecule has 2 rings (SSSR count). The Hall–Kier alpha value is -0.783. The molecule has 1 aromatic carbocycles. The van der Waals surface area contributed by atoms with Crippen molar-refractivity contribution in [1.29, 1.82) is 0 Å². The number of alkyl halides is 2. The summed E-state index contributed by atoms with van der Waals surface area (Å²) in [6.07, 6.45) is -0.136. The van der Waals surface area contributed by atoms with E-state index in [2.05, 4.69) is 33.9 Å². The maximum atomic E-state index is 13.9. The molecule has 0 heterocycles. The van der Waals surface area contributed by atoms with Crippen molar-refractivity contribution < 1.29 is 17.9 Å². The van der Waals surface area contributed by atoms with Gasteiger partial charge in [0.2, 0.25) is 0 Å². The monoisotopic (exact) mass is 342 g/mol. The predicted octanol–water partition coefficient (Wildman–Crippen LogP) is 5.25. The summed E-state index contributed by atoms with van der Waals surface area (Å²) in [5.74, 6) is -2.67. The van der Waals surface area contributed by atoms with E-state index in [9.17, 15) is 8.78 Å². The Kier molecular flexibility index (Phi) is 5.05. The largest absolute Gasteiger partial charge is 0.416 e. The SMILES string of the molecule is CC(C)(C)[Si](C)(C)OC[C@@]1(COCc2ccccc2)CC1(F)F. The first kappa shape index (κ1) is 18.6. The number of rotatable bonds is 7. The molecule has 1 saturated carbocycles. The highest BCUT2D eigenvalue weighted by atomic mass is 28.4. The fraction of sp³-hybridized carbons (Fsp3) is 0.667. The van der Waals surface area contributed by atoms with Gasteiger partial charge in [-0.2, -0.15) is 0 Å². The zero-order chi connectivity index (χ0) is 17.4. The average Bonchev–Trinajstić information content (AvgIpc) is 2.99. The Bertz CT molecular complexity index is 526. The van der Waals surface area contributed by atoms with Crippen LogP contribution >= 0.6 is 0 Å². The lowest BCUT2D eigenvalue weighted by Crippen LogP contribution is -2.43. The Morgan fingerprint density at radius 3 is 2.13 bits per heavy atom. The van der Waals surface area contributed by atoms with Crippen molar-refractivity contribution in [3.63, 3.8) is 0 Å². The number of ether oxygens (including phenoxy) is 1. The van der Waals surface area contributed by atoms with Gasteiger partial charge in [0.25, 0.3) is 5.92 Å². The zero-order valence-corrected chi connectivity index (χ0v) is 15.8. The van der Waals surface area contributed by atoms with Crippen LogP contribution in [-0.2, 0) is 15.8 Å². The second kappa shape index (κ2) is 6.26. The van der Waals surface area contributed by atoms with Crippen molar-refractivity contribution in [2.24, 2.45) is 5.41 Å². The van der Waals surface area contributed by atoms with E-state index >= 15 is 0 Å². The summed E-state index contributed by atoms with van der Waals surface area (Å²) >= 11 is 0. The second-order valence-corrected chi connectivity index (χ2v) is 13.0. The van der Waals surface area contributed by atoms with Gasteiger partial charge in [-0.25, -0.2) is 8.78 Å². The third-order valence-electron chi connectivity index (χ3n) is 5.22. The van der Waals surface area contributed by atoms with Gasteiger partial charge in [-0.05, 0) is 23.7 Å². The highest BCUT2D eigenvalue weighted by Gasteiger charge is 2.71. The van der Waals surface area contributed by atoms with Gasteiger partial charge in [-0.15, -0.1) is 0 Å². The molecule has 0 saturated heterocycles. The molecule has 2 nitrogen and oxygen atoms in total. The first-order chi connectivity index (χ1) is 10.5. The minimum atomic E-state index is -2.67. The fourth-order valence-corrected chi connectivity index (χ4v) is 3.28. The van der Waals surface area contributed by atoms with E-state index in [1.165, 1.54) is 0 Å². The van der Waals surface area contributed by atoms with Crippen molar-refractivity contribution >= 4 is 8.32 Å². The van der Waals surface area contributed by atoms with Crippen molar-refractivity contribution in [3.8, 4) is 0 Å². The molecule has 23 heavy (non-hydrogen) atoms. The molecule has 0 amide bonds. The molecular weight excluding hydrogens is 314 g/mol. The summed E-state index contributed by atoms with van der Waals surface area (Å²) in [7, 11) is -2.03. The molecule has 0 aliphatic heterocycles. The van der Waals surface area contributed by atoms with E-state index in [1.807, 2.05) is 30.3 Å². The first-order valence-corrected chi connectivity index (χ1v) is 11.0. The van der Waals surface area contributed by atoms with Crippen molar-refractivity contribution in [1.82, 2.24) is 0 Å². The third-order valence-corrected chi connectivity index (χ3v) is 9.70. The Labute approximate surface area is 139 Å². The van der Waals surface area contributed by atoms with E-state index in [-0.39, 0.29) is 24.7 Å². The summed E-state index contributed by atoms with van der Waals surface area (Å²) in [5, 5.41) is 0.0171. The van der Waals surface area contributed by atoms with Gasteiger partial charge >= 0.3 is 0 Å². The summed E-state index contributed by atoms with van der Waals surface area (Å²) in [6.45, 7) is 11.0. The molecule has 130 valence electrons. The third kappa shape index (κ3) is 4.20. The number of halogens is 2. The summed E-state index contributed by atoms with van der Waals surface area (Å²) in [6, 6.07) is 9.63. The van der Waals surface area contributed by atoms with Gasteiger partial charge in [-0.1, -0.05) is 51.1 Å². The quantitative estimate of drug-likeness (QED) is 0.630. The first-order valence-electron chi connectivity index (χ1n) is 8.13. The summed E-state index contributed by atoms with van der Waals surface area (Å²) < 4.78 is 39.4. The van der Waals surface area contributed by atoms with Crippen molar-refractivity contribution in [2.75, 3.05) is 13.2 Å². The molecule has 5 heteroatoms.